The Morgan fingerprint density at radius 2 is 1.81 bits per heavy atom. The maximum atomic E-state index is 3.28. The summed E-state index contributed by atoms with van der Waals surface area (Å²) >= 11 is 1.86. The zero-order chi connectivity index (χ0) is 13.8. The molecule has 0 fully saturated rings. The van der Waals surface area contributed by atoms with Gasteiger partial charge in [-0.3, -0.25) is 0 Å². The number of thiophene rings is 1. The van der Waals surface area contributed by atoms with Gasteiger partial charge in [-0.25, -0.2) is 0 Å². The molecule has 1 heterocycles. The highest BCUT2D eigenvalue weighted by molar-refractivity contribution is 7.10. The Hall–Kier alpha value is -1.35. The van der Waals surface area contributed by atoms with E-state index in [1.807, 2.05) is 18.4 Å². The van der Waals surface area contributed by atoms with E-state index in [9.17, 15) is 0 Å². The molecule has 2 aromatic carbocycles. The van der Waals surface area contributed by atoms with Crippen molar-refractivity contribution in [2.45, 2.75) is 12.3 Å². The molecule has 3 aromatic rings. The van der Waals surface area contributed by atoms with Crippen LogP contribution in [-0.4, -0.2) is 13.6 Å². The predicted octanol–water partition coefficient (Wildman–Crippen LogP) is 5.06. The van der Waals surface area contributed by atoms with Crippen molar-refractivity contribution in [3.8, 4) is 0 Å². The van der Waals surface area contributed by atoms with Crippen LogP contribution in [0.15, 0.2) is 60.0 Å². The Morgan fingerprint density at radius 1 is 1.00 bits per heavy atom. The average Bonchev–Trinajstić information content (AvgIpc) is 3.02. The summed E-state index contributed by atoms with van der Waals surface area (Å²) in [6, 6.07) is 19.7. The lowest BCUT2D eigenvalue weighted by Crippen LogP contribution is -2.12. The van der Waals surface area contributed by atoms with E-state index in [1.165, 1.54) is 21.2 Å². The lowest BCUT2D eigenvalue weighted by molar-refractivity contribution is 0.671. The molecule has 3 heteroatoms. The third-order valence-electron chi connectivity index (χ3n) is 3.77. The van der Waals surface area contributed by atoms with Crippen LogP contribution < -0.4 is 5.32 Å². The van der Waals surface area contributed by atoms with Crippen LogP contribution in [0, 0.1) is 0 Å². The maximum absolute atomic E-state index is 3.28. The molecule has 0 unspecified atom stereocenters. The predicted molar refractivity (Wildman–Crippen MR) is 95.9 cm³/mol. The molecule has 0 amide bonds. The van der Waals surface area contributed by atoms with E-state index >= 15 is 0 Å². The summed E-state index contributed by atoms with van der Waals surface area (Å²) in [5, 5.41) is 8.16. The zero-order valence-corrected chi connectivity index (χ0v) is 13.7. The minimum atomic E-state index is 0. The summed E-state index contributed by atoms with van der Waals surface area (Å²) in [6.45, 7) is 1.03. The first-order valence-electron chi connectivity index (χ1n) is 7.06. The highest BCUT2D eigenvalue weighted by Gasteiger charge is 2.16. The van der Waals surface area contributed by atoms with Crippen molar-refractivity contribution in [3.63, 3.8) is 0 Å². The first-order chi connectivity index (χ1) is 9.90. The molecule has 0 aliphatic rings. The monoisotopic (exact) mass is 317 g/mol. The van der Waals surface area contributed by atoms with Gasteiger partial charge >= 0.3 is 0 Å². The zero-order valence-electron chi connectivity index (χ0n) is 12.1. The molecule has 0 aliphatic heterocycles. The van der Waals surface area contributed by atoms with E-state index in [0.717, 1.165) is 13.0 Å². The number of hydrogen-bond acceptors (Lipinski definition) is 2. The van der Waals surface area contributed by atoms with Crippen LogP contribution >= 0.6 is 23.7 Å². The first-order valence-corrected chi connectivity index (χ1v) is 7.94. The summed E-state index contributed by atoms with van der Waals surface area (Å²) in [5.74, 6) is 0.480. The molecule has 0 spiro atoms. The SMILES string of the molecule is CNCC[C@@H](c1cccs1)c1cccc2ccccc12.Cl. The smallest absolute Gasteiger partial charge is 0.0202 e. The van der Waals surface area contributed by atoms with Crippen molar-refractivity contribution >= 4 is 34.5 Å². The third-order valence-corrected chi connectivity index (χ3v) is 4.75. The van der Waals surface area contributed by atoms with E-state index in [-0.39, 0.29) is 12.4 Å². The molecule has 1 N–H and O–H groups in total. The first kappa shape index (κ1) is 16.0. The van der Waals surface area contributed by atoms with Crippen molar-refractivity contribution < 1.29 is 0 Å². The van der Waals surface area contributed by atoms with Gasteiger partial charge in [-0.05, 0) is 47.8 Å². The summed E-state index contributed by atoms with van der Waals surface area (Å²) in [5.41, 5.74) is 1.45. The van der Waals surface area contributed by atoms with Gasteiger partial charge in [0.1, 0.15) is 0 Å². The fourth-order valence-corrected chi connectivity index (χ4v) is 3.66. The van der Waals surface area contributed by atoms with Crippen molar-refractivity contribution in [2.75, 3.05) is 13.6 Å². The van der Waals surface area contributed by atoms with Gasteiger partial charge in [0.15, 0.2) is 0 Å². The van der Waals surface area contributed by atoms with Gasteiger partial charge in [0.25, 0.3) is 0 Å². The molecule has 0 radical (unpaired) electrons. The van der Waals surface area contributed by atoms with E-state index in [0.29, 0.717) is 5.92 Å². The molecular weight excluding hydrogens is 298 g/mol. The standard InChI is InChI=1S/C18H19NS.ClH/c1-19-12-11-17(18-10-5-13-20-18)16-9-4-7-14-6-2-3-8-15(14)16;/h2-10,13,17,19H,11-12H2,1H3;1H/t17-;/m1./s1. The highest BCUT2D eigenvalue weighted by Crippen LogP contribution is 2.35. The molecule has 110 valence electrons. The van der Waals surface area contributed by atoms with Crippen molar-refractivity contribution in [1.29, 1.82) is 0 Å². The molecule has 1 atom stereocenters. The number of fused-ring (bicyclic) bond motifs is 1. The normalized spacial score (nSPS) is 12.0. The maximum Gasteiger partial charge on any atom is 0.0202 e. The third kappa shape index (κ3) is 3.46. The molecule has 0 aliphatic carbocycles. The van der Waals surface area contributed by atoms with Gasteiger partial charge in [-0.15, -0.1) is 23.7 Å². The summed E-state index contributed by atoms with van der Waals surface area (Å²) in [6.07, 6.45) is 1.13. The lowest BCUT2D eigenvalue weighted by atomic mass is 9.90. The largest absolute Gasteiger partial charge is 0.320 e. The Balaban J connectivity index is 0.00000161. The summed E-state index contributed by atoms with van der Waals surface area (Å²) in [4.78, 5) is 1.46. The van der Waals surface area contributed by atoms with Crippen molar-refractivity contribution in [2.24, 2.45) is 0 Å². The fraction of sp³-hybridized carbons (Fsp3) is 0.222. The van der Waals surface area contributed by atoms with Gasteiger partial charge in [0, 0.05) is 10.8 Å². The molecule has 0 saturated heterocycles. The van der Waals surface area contributed by atoms with E-state index in [1.54, 1.807) is 0 Å². The van der Waals surface area contributed by atoms with Crippen LogP contribution in [0.1, 0.15) is 22.8 Å². The van der Waals surface area contributed by atoms with Gasteiger partial charge < -0.3 is 5.32 Å². The second kappa shape index (κ2) is 7.60. The molecule has 0 saturated carbocycles. The average molecular weight is 318 g/mol. The Labute approximate surface area is 136 Å². The topological polar surface area (TPSA) is 12.0 Å². The number of rotatable bonds is 5. The van der Waals surface area contributed by atoms with Gasteiger partial charge in [0.05, 0.1) is 0 Å². The van der Waals surface area contributed by atoms with Gasteiger partial charge in [-0.2, -0.15) is 0 Å². The van der Waals surface area contributed by atoms with Crippen LogP contribution in [0.2, 0.25) is 0 Å². The summed E-state index contributed by atoms with van der Waals surface area (Å²) in [7, 11) is 2.02. The number of halogens is 1. The lowest BCUT2D eigenvalue weighted by Gasteiger charge is -2.18. The molecule has 21 heavy (non-hydrogen) atoms. The van der Waals surface area contributed by atoms with E-state index in [4.69, 9.17) is 0 Å². The Morgan fingerprint density at radius 3 is 2.57 bits per heavy atom. The van der Waals surface area contributed by atoms with Crippen molar-refractivity contribution in [3.05, 3.63) is 70.4 Å². The van der Waals surface area contributed by atoms with Gasteiger partial charge in [0.2, 0.25) is 0 Å². The van der Waals surface area contributed by atoms with Crippen LogP contribution in [0.3, 0.4) is 0 Å². The Kier molecular flexibility index (Phi) is 5.80. The van der Waals surface area contributed by atoms with Crippen LogP contribution in [0.5, 0.6) is 0 Å². The minimum Gasteiger partial charge on any atom is -0.320 e. The molecular formula is C18H20ClNS. The molecule has 0 bridgehead atoms. The van der Waals surface area contributed by atoms with E-state index in [2.05, 4.69) is 65.3 Å². The minimum absolute atomic E-state index is 0. The van der Waals surface area contributed by atoms with Crippen LogP contribution in [0.4, 0.5) is 0 Å². The van der Waals surface area contributed by atoms with Crippen LogP contribution in [-0.2, 0) is 0 Å². The molecule has 1 nitrogen and oxygen atoms in total. The van der Waals surface area contributed by atoms with E-state index < -0.39 is 0 Å². The van der Waals surface area contributed by atoms with Gasteiger partial charge in [-0.1, -0.05) is 48.5 Å². The fourth-order valence-electron chi connectivity index (χ4n) is 2.78. The Bertz CT molecular complexity index is 673. The second-order valence-corrected chi connectivity index (χ2v) is 6.01. The summed E-state index contributed by atoms with van der Waals surface area (Å²) < 4.78 is 0. The molecule has 1 aromatic heterocycles. The molecule has 3 rings (SSSR count). The number of hydrogen-bond donors (Lipinski definition) is 1. The number of benzene rings is 2. The van der Waals surface area contributed by atoms with Crippen molar-refractivity contribution in [1.82, 2.24) is 5.32 Å². The van der Waals surface area contributed by atoms with Crippen LogP contribution in [0.25, 0.3) is 10.8 Å². The quantitative estimate of drug-likeness (QED) is 0.693. The second-order valence-electron chi connectivity index (χ2n) is 5.03. The number of nitrogens with one attached hydrogen (secondary N) is 1. The highest BCUT2D eigenvalue weighted by atomic mass is 35.5.